The summed E-state index contributed by atoms with van der Waals surface area (Å²) in [7, 11) is 0. The van der Waals surface area contributed by atoms with E-state index < -0.39 is 0 Å². The summed E-state index contributed by atoms with van der Waals surface area (Å²) in [6, 6.07) is 17.0. The number of carbonyl (C=O) groups is 1. The van der Waals surface area contributed by atoms with Crippen LogP contribution in [0.5, 0.6) is 5.75 Å². The normalized spacial score (nSPS) is 22.7. The first-order valence-corrected chi connectivity index (χ1v) is 8.82. The zero-order valence-corrected chi connectivity index (χ0v) is 14.0. The second-order valence-electron chi connectivity index (χ2n) is 6.92. The third-order valence-corrected chi connectivity index (χ3v) is 5.25. The minimum absolute atomic E-state index is 0.0324. The van der Waals surface area contributed by atoms with Crippen LogP contribution < -0.4 is 10.1 Å². The van der Waals surface area contributed by atoms with Crippen LogP contribution in [0.1, 0.15) is 53.8 Å². The molecule has 0 aliphatic heterocycles. The maximum absolute atomic E-state index is 11.4. The van der Waals surface area contributed by atoms with Gasteiger partial charge in [0.15, 0.2) is 5.78 Å². The fourth-order valence-corrected chi connectivity index (χ4v) is 3.64. The number of ketones is 1. The van der Waals surface area contributed by atoms with Gasteiger partial charge in [0, 0.05) is 11.6 Å². The van der Waals surface area contributed by atoms with Gasteiger partial charge in [0.05, 0.1) is 6.04 Å². The predicted molar refractivity (Wildman–Crippen MR) is 94.5 cm³/mol. The molecule has 4 rings (SSSR count). The quantitative estimate of drug-likeness (QED) is 0.844. The second-order valence-corrected chi connectivity index (χ2v) is 6.92. The molecule has 1 saturated carbocycles. The Balaban J connectivity index is 1.56. The van der Waals surface area contributed by atoms with E-state index in [-0.39, 0.29) is 11.9 Å². The summed E-state index contributed by atoms with van der Waals surface area (Å²) in [5.74, 6) is 0.902. The van der Waals surface area contributed by atoms with Gasteiger partial charge in [-0.15, -0.1) is 0 Å². The van der Waals surface area contributed by atoms with Gasteiger partial charge in [0.2, 0.25) is 0 Å². The van der Waals surface area contributed by atoms with Gasteiger partial charge >= 0.3 is 0 Å². The van der Waals surface area contributed by atoms with Crippen molar-refractivity contribution in [2.45, 2.75) is 50.8 Å². The van der Waals surface area contributed by atoms with Crippen LogP contribution in [0.15, 0.2) is 48.5 Å². The molecule has 0 amide bonds. The molecule has 0 spiro atoms. The summed E-state index contributed by atoms with van der Waals surface area (Å²) in [5.41, 5.74) is 3.38. The Bertz CT molecular complexity index is 734. The topological polar surface area (TPSA) is 38.3 Å². The molecular formula is C21H23NO2. The van der Waals surface area contributed by atoms with Crippen molar-refractivity contribution in [2.24, 2.45) is 0 Å². The molecule has 0 heterocycles. The number of nitrogens with one attached hydrogen (secondary N) is 1. The number of Topliss-reactive ketones (excluding diaryl/α,β-unsaturated/α-hetero) is 1. The molecule has 0 saturated heterocycles. The van der Waals surface area contributed by atoms with Crippen molar-refractivity contribution < 1.29 is 9.53 Å². The Morgan fingerprint density at radius 1 is 1.08 bits per heavy atom. The first-order chi connectivity index (χ1) is 11.7. The number of hydrogen-bond donors (Lipinski definition) is 1. The van der Waals surface area contributed by atoms with Gasteiger partial charge < -0.3 is 10.1 Å². The first-order valence-electron chi connectivity index (χ1n) is 8.82. The number of hydrogen-bond acceptors (Lipinski definition) is 3. The van der Waals surface area contributed by atoms with Crippen LogP contribution in [-0.2, 0) is 6.42 Å². The van der Waals surface area contributed by atoms with E-state index in [1.165, 1.54) is 30.4 Å². The molecule has 2 unspecified atom stereocenters. The molecule has 24 heavy (non-hydrogen) atoms. The van der Waals surface area contributed by atoms with E-state index in [0.29, 0.717) is 12.1 Å². The summed E-state index contributed by atoms with van der Waals surface area (Å²) in [4.78, 5) is 11.4. The van der Waals surface area contributed by atoms with Crippen LogP contribution in [0, 0.1) is 0 Å². The fraction of sp³-hybridized carbons (Fsp3) is 0.381. The molecule has 3 nitrogen and oxygen atoms in total. The summed E-state index contributed by atoms with van der Waals surface area (Å²) in [6.45, 7) is 1.58. The molecule has 2 aliphatic rings. The van der Waals surface area contributed by atoms with Gasteiger partial charge in [-0.05, 0) is 61.6 Å². The largest absolute Gasteiger partial charge is 0.484 e. The monoisotopic (exact) mass is 321 g/mol. The molecule has 2 aromatic carbocycles. The second kappa shape index (κ2) is 6.40. The third kappa shape index (κ3) is 2.96. The van der Waals surface area contributed by atoms with Crippen LogP contribution >= 0.6 is 0 Å². The highest BCUT2D eigenvalue weighted by atomic mass is 16.5. The number of carbonyl (C=O) groups excluding carboxylic acids is 1. The molecule has 1 N–H and O–H groups in total. The van der Waals surface area contributed by atoms with Gasteiger partial charge in [-0.3, -0.25) is 4.79 Å². The van der Waals surface area contributed by atoms with E-state index in [0.717, 1.165) is 17.7 Å². The summed E-state index contributed by atoms with van der Waals surface area (Å²) < 4.78 is 6.34. The van der Waals surface area contributed by atoms with Crippen LogP contribution in [0.3, 0.4) is 0 Å². The maximum Gasteiger partial charge on any atom is 0.159 e. The van der Waals surface area contributed by atoms with Crippen LogP contribution in [0.25, 0.3) is 0 Å². The molecule has 1 fully saturated rings. The third-order valence-electron chi connectivity index (χ3n) is 5.25. The smallest absolute Gasteiger partial charge is 0.159 e. The Morgan fingerprint density at radius 2 is 1.83 bits per heavy atom. The van der Waals surface area contributed by atoms with Crippen molar-refractivity contribution >= 4 is 5.78 Å². The molecule has 0 radical (unpaired) electrons. The molecule has 2 aliphatic carbocycles. The lowest BCUT2D eigenvalue weighted by Gasteiger charge is -2.32. The Hall–Kier alpha value is -2.13. The lowest BCUT2D eigenvalue weighted by atomic mass is 9.92. The van der Waals surface area contributed by atoms with Gasteiger partial charge in [0.25, 0.3) is 0 Å². The van der Waals surface area contributed by atoms with Gasteiger partial charge in [-0.2, -0.15) is 0 Å². The van der Waals surface area contributed by atoms with Crippen molar-refractivity contribution in [1.29, 1.82) is 0 Å². The van der Waals surface area contributed by atoms with Crippen molar-refractivity contribution in [1.82, 2.24) is 5.32 Å². The molecule has 124 valence electrons. The minimum atomic E-state index is 0.0324. The molecule has 2 atom stereocenters. The van der Waals surface area contributed by atoms with Gasteiger partial charge in [0.1, 0.15) is 11.9 Å². The van der Waals surface area contributed by atoms with Crippen LogP contribution in [-0.4, -0.2) is 17.9 Å². The molecule has 3 heteroatoms. The average Bonchev–Trinajstić information content (AvgIpc) is 2.89. The SMILES string of the molecule is CC(=O)c1ccc(OC2c3ccccc3CC2NC2CCC2)cc1. The molecular weight excluding hydrogens is 298 g/mol. The zero-order valence-electron chi connectivity index (χ0n) is 14.0. The number of fused-ring (bicyclic) bond motifs is 1. The highest BCUT2D eigenvalue weighted by Crippen LogP contribution is 2.36. The molecule has 2 aromatic rings. The lowest BCUT2D eigenvalue weighted by Crippen LogP contribution is -2.45. The van der Waals surface area contributed by atoms with E-state index in [2.05, 4.69) is 29.6 Å². The average molecular weight is 321 g/mol. The summed E-state index contributed by atoms with van der Waals surface area (Å²) in [5, 5.41) is 3.78. The summed E-state index contributed by atoms with van der Waals surface area (Å²) in [6.07, 6.45) is 4.92. The van der Waals surface area contributed by atoms with Crippen LogP contribution in [0.2, 0.25) is 0 Å². The fourth-order valence-electron chi connectivity index (χ4n) is 3.64. The number of benzene rings is 2. The lowest BCUT2D eigenvalue weighted by molar-refractivity contribution is 0.101. The summed E-state index contributed by atoms with van der Waals surface area (Å²) >= 11 is 0. The highest BCUT2D eigenvalue weighted by molar-refractivity contribution is 5.94. The maximum atomic E-state index is 11.4. The first kappa shape index (κ1) is 15.4. The van der Waals surface area contributed by atoms with Crippen LogP contribution in [0.4, 0.5) is 0 Å². The minimum Gasteiger partial charge on any atom is -0.484 e. The molecule has 0 aromatic heterocycles. The molecule has 0 bridgehead atoms. The zero-order chi connectivity index (χ0) is 16.5. The van der Waals surface area contributed by atoms with Crippen molar-refractivity contribution in [3.8, 4) is 5.75 Å². The van der Waals surface area contributed by atoms with E-state index in [1.54, 1.807) is 6.92 Å². The Labute approximate surface area is 143 Å². The van der Waals surface area contributed by atoms with E-state index >= 15 is 0 Å². The number of ether oxygens (including phenoxy) is 1. The van der Waals surface area contributed by atoms with Gasteiger partial charge in [-0.1, -0.05) is 30.7 Å². The predicted octanol–water partition coefficient (Wildman–Crippen LogP) is 4.08. The van der Waals surface area contributed by atoms with E-state index in [4.69, 9.17) is 4.74 Å². The van der Waals surface area contributed by atoms with Crippen molar-refractivity contribution in [3.05, 3.63) is 65.2 Å². The number of rotatable bonds is 5. The standard InChI is InChI=1S/C21H23NO2/c1-14(23)15-9-11-18(12-10-15)24-21-19-8-3-2-5-16(19)13-20(21)22-17-6-4-7-17/h2-3,5,8-12,17,20-22H,4,6-7,13H2,1H3. The van der Waals surface area contributed by atoms with E-state index in [9.17, 15) is 4.79 Å². The van der Waals surface area contributed by atoms with E-state index in [1.807, 2.05) is 24.3 Å². The Morgan fingerprint density at radius 3 is 2.50 bits per heavy atom. The Kier molecular flexibility index (Phi) is 4.11. The van der Waals surface area contributed by atoms with Crippen molar-refractivity contribution in [2.75, 3.05) is 0 Å². The van der Waals surface area contributed by atoms with Gasteiger partial charge in [-0.25, -0.2) is 0 Å². The highest BCUT2D eigenvalue weighted by Gasteiger charge is 2.36. The van der Waals surface area contributed by atoms with Crippen molar-refractivity contribution in [3.63, 3.8) is 0 Å².